The molecule has 0 amide bonds. The van der Waals surface area contributed by atoms with E-state index >= 15 is 0 Å². The zero-order valence-electron chi connectivity index (χ0n) is 11.0. The highest BCUT2D eigenvalue weighted by Gasteiger charge is 2.65. The largest absolute Gasteiger partial charge is 0.478 e. The topological polar surface area (TPSA) is 62.2 Å². The molecule has 1 aromatic rings. The van der Waals surface area contributed by atoms with Crippen LogP contribution in [0.25, 0.3) is 0 Å². The molecule has 3 aliphatic carbocycles. The van der Waals surface area contributed by atoms with Gasteiger partial charge in [0.15, 0.2) is 0 Å². The van der Waals surface area contributed by atoms with Gasteiger partial charge < -0.3 is 10.4 Å². The predicted molar refractivity (Wildman–Crippen MR) is 71.2 cm³/mol. The second-order valence-electron chi connectivity index (χ2n) is 6.29. The average Bonchev–Trinajstić information content (AvgIpc) is 2.78. The van der Waals surface area contributed by atoms with Gasteiger partial charge in [-0.15, -0.1) is 0 Å². The van der Waals surface area contributed by atoms with Gasteiger partial charge in [-0.3, -0.25) is 0 Å². The van der Waals surface area contributed by atoms with Gasteiger partial charge in [-0.2, -0.15) is 0 Å². The summed E-state index contributed by atoms with van der Waals surface area (Å²) in [6.07, 6.45) is 4.26. The molecule has 2 bridgehead atoms. The number of carbonyl (C=O) groups is 1. The molecular formula is C15H18N2O2. The summed E-state index contributed by atoms with van der Waals surface area (Å²) in [6, 6.07) is 4.04. The van der Waals surface area contributed by atoms with Gasteiger partial charge in [-0.05, 0) is 62.0 Å². The van der Waals surface area contributed by atoms with E-state index in [0.29, 0.717) is 17.3 Å². The normalized spacial score (nSPS) is 38.1. The van der Waals surface area contributed by atoms with E-state index in [9.17, 15) is 4.79 Å². The van der Waals surface area contributed by atoms with Gasteiger partial charge >= 0.3 is 5.97 Å². The van der Waals surface area contributed by atoms with E-state index in [0.717, 1.165) is 29.5 Å². The highest BCUT2D eigenvalue weighted by molar-refractivity contribution is 5.89. The smallest absolute Gasteiger partial charge is 0.337 e. The second-order valence-corrected chi connectivity index (χ2v) is 6.29. The molecule has 4 heteroatoms. The number of aromatic carboxylic acids is 1. The first kappa shape index (κ1) is 11.3. The number of carboxylic acid groups (broad SMARTS) is 1. The van der Waals surface area contributed by atoms with E-state index < -0.39 is 5.97 Å². The molecule has 1 aromatic heterocycles. The number of fused-ring (bicyclic) bond motifs is 5. The number of nitrogens with zero attached hydrogens (tertiary/aromatic N) is 1. The summed E-state index contributed by atoms with van der Waals surface area (Å²) in [4.78, 5) is 15.3. The van der Waals surface area contributed by atoms with Crippen molar-refractivity contribution in [2.24, 2.45) is 23.7 Å². The lowest BCUT2D eigenvalue weighted by Gasteiger charge is -2.12. The maximum Gasteiger partial charge on any atom is 0.337 e. The van der Waals surface area contributed by atoms with Crippen LogP contribution in [0.4, 0.5) is 5.82 Å². The van der Waals surface area contributed by atoms with Crippen LogP contribution in [0.1, 0.15) is 35.3 Å². The van der Waals surface area contributed by atoms with Crippen LogP contribution >= 0.6 is 0 Å². The maximum absolute atomic E-state index is 11.0. The number of hydrogen-bond donors (Lipinski definition) is 2. The Morgan fingerprint density at radius 3 is 2.58 bits per heavy atom. The van der Waals surface area contributed by atoms with Crippen molar-refractivity contribution in [1.29, 1.82) is 0 Å². The Bertz CT molecular complexity index is 541. The fourth-order valence-corrected chi connectivity index (χ4v) is 4.56. The van der Waals surface area contributed by atoms with E-state index in [-0.39, 0.29) is 0 Å². The highest BCUT2D eigenvalue weighted by Crippen LogP contribution is 2.66. The summed E-state index contributed by atoms with van der Waals surface area (Å²) in [5, 5.41) is 12.5. The van der Waals surface area contributed by atoms with E-state index in [1.54, 1.807) is 19.1 Å². The Morgan fingerprint density at radius 2 is 2.00 bits per heavy atom. The van der Waals surface area contributed by atoms with E-state index in [4.69, 9.17) is 5.11 Å². The van der Waals surface area contributed by atoms with Crippen molar-refractivity contribution < 1.29 is 9.90 Å². The fourth-order valence-electron chi connectivity index (χ4n) is 4.56. The van der Waals surface area contributed by atoms with Crippen LogP contribution in [0.3, 0.4) is 0 Å². The summed E-state index contributed by atoms with van der Waals surface area (Å²) < 4.78 is 0. The van der Waals surface area contributed by atoms with Crippen LogP contribution in [0.5, 0.6) is 0 Å². The summed E-state index contributed by atoms with van der Waals surface area (Å²) in [5.41, 5.74) is 0.882. The van der Waals surface area contributed by atoms with Crippen LogP contribution in [-0.4, -0.2) is 22.1 Å². The number of anilines is 1. The number of rotatable bonds is 3. The number of hydrogen-bond acceptors (Lipinski definition) is 3. The van der Waals surface area contributed by atoms with E-state index in [2.05, 4.69) is 10.3 Å². The predicted octanol–water partition coefficient (Wildman–Crippen LogP) is 2.54. The van der Waals surface area contributed by atoms with Gasteiger partial charge in [0.1, 0.15) is 5.82 Å². The maximum atomic E-state index is 11.0. The lowest BCUT2D eigenvalue weighted by Crippen LogP contribution is -2.14. The first-order valence-electron chi connectivity index (χ1n) is 7.12. The number of pyridine rings is 1. The molecule has 0 aromatic carbocycles. The molecule has 0 spiro atoms. The van der Waals surface area contributed by atoms with Gasteiger partial charge in [0, 0.05) is 6.04 Å². The lowest BCUT2D eigenvalue weighted by molar-refractivity contribution is 0.0695. The number of aromatic nitrogens is 1. The molecule has 0 radical (unpaired) electrons. The minimum absolute atomic E-state index is 0.293. The van der Waals surface area contributed by atoms with Gasteiger partial charge in [0.25, 0.3) is 0 Å². The number of nitrogens with one attached hydrogen (secondary N) is 1. The molecule has 100 valence electrons. The third-order valence-corrected chi connectivity index (χ3v) is 5.37. The van der Waals surface area contributed by atoms with Crippen molar-refractivity contribution >= 4 is 11.8 Å². The molecule has 4 unspecified atom stereocenters. The first-order chi connectivity index (χ1) is 9.15. The molecule has 0 saturated heterocycles. The number of aryl methyl sites for hydroxylation is 1. The van der Waals surface area contributed by atoms with Crippen LogP contribution in [0.2, 0.25) is 0 Å². The SMILES string of the molecule is Cc1nc(NC2C3C4CCC(C4)C23)ccc1C(=O)O. The van der Waals surface area contributed by atoms with Crippen LogP contribution < -0.4 is 5.32 Å². The van der Waals surface area contributed by atoms with Crippen molar-refractivity contribution in [3.05, 3.63) is 23.4 Å². The average molecular weight is 258 g/mol. The fraction of sp³-hybridized carbons (Fsp3) is 0.600. The standard InChI is InChI=1S/C15H18N2O2/c1-7-10(15(18)19)4-5-11(16-7)17-14-12-8-2-3-9(6-8)13(12)14/h4-5,8-9,12-14H,2-3,6H2,1H3,(H,16,17)(H,18,19). The molecule has 3 aliphatic rings. The Morgan fingerprint density at radius 1 is 1.32 bits per heavy atom. The van der Waals surface area contributed by atoms with Crippen molar-refractivity contribution in [1.82, 2.24) is 4.98 Å². The van der Waals surface area contributed by atoms with Crippen LogP contribution in [0.15, 0.2) is 12.1 Å². The highest BCUT2D eigenvalue weighted by atomic mass is 16.4. The molecule has 2 N–H and O–H groups in total. The summed E-state index contributed by atoms with van der Waals surface area (Å²) in [7, 11) is 0. The summed E-state index contributed by atoms with van der Waals surface area (Å²) in [5.74, 6) is 3.53. The molecule has 4 nitrogen and oxygen atoms in total. The number of carboxylic acids is 1. The molecule has 4 rings (SSSR count). The van der Waals surface area contributed by atoms with Gasteiger partial charge in [-0.25, -0.2) is 9.78 Å². The third-order valence-electron chi connectivity index (χ3n) is 5.37. The van der Waals surface area contributed by atoms with E-state index in [1.807, 2.05) is 0 Å². The third kappa shape index (κ3) is 1.58. The Kier molecular flexibility index (Phi) is 2.20. The summed E-state index contributed by atoms with van der Waals surface area (Å²) >= 11 is 0. The second kappa shape index (κ2) is 3.71. The Hall–Kier alpha value is -1.58. The minimum Gasteiger partial charge on any atom is -0.478 e. The van der Waals surface area contributed by atoms with Crippen LogP contribution in [0, 0.1) is 30.6 Å². The summed E-state index contributed by atoms with van der Waals surface area (Å²) in [6.45, 7) is 1.76. The van der Waals surface area contributed by atoms with E-state index in [1.165, 1.54) is 19.3 Å². The van der Waals surface area contributed by atoms with Crippen molar-refractivity contribution in [2.75, 3.05) is 5.32 Å². The molecule has 3 saturated carbocycles. The van der Waals surface area contributed by atoms with Crippen molar-refractivity contribution in [2.45, 2.75) is 32.2 Å². The van der Waals surface area contributed by atoms with Gasteiger partial charge in [-0.1, -0.05) is 0 Å². The molecule has 19 heavy (non-hydrogen) atoms. The quantitative estimate of drug-likeness (QED) is 0.874. The molecular weight excluding hydrogens is 240 g/mol. The zero-order valence-corrected chi connectivity index (χ0v) is 11.0. The van der Waals surface area contributed by atoms with Gasteiger partial charge in [0.2, 0.25) is 0 Å². The first-order valence-corrected chi connectivity index (χ1v) is 7.12. The molecule has 1 heterocycles. The Balaban J connectivity index is 1.50. The van der Waals surface area contributed by atoms with Crippen molar-refractivity contribution in [3.63, 3.8) is 0 Å². The van der Waals surface area contributed by atoms with Gasteiger partial charge in [0.05, 0.1) is 11.3 Å². The molecule has 4 atom stereocenters. The lowest BCUT2D eigenvalue weighted by atomic mass is 10.0. The zero-order chi connectivity index (χ0) is 13.1. The monoisotopic (exact) mass is 258 g/mol. The molecule has 0 aliphatic heterocycles. The minimum atomic E-state index is -0.905. The van der Waals surface area contributed by atoms with Crippen LogP contribution in [-0.2, 0) is 0 Å². The Labute approximate surface area is 112 Å². The molecule has 3 fully saturated rings. The van der Waals surface area contributed by atoms with Crippen molar-refractivity contribution in [3.8, 4) is 0 Å².